The number of nitrogens with zero attached hydrogens (tertiary/aromatic N) is 2. The fraction of sp³-hybridized carbons (Fsp3) is 0.231. The minimum Gasteiger partial charge on any atom is -0.481 e. The standard InChI is InChI=1S/C13H14N4O3S/c1-7(14)13-17-10(6-21-13)12(20)16-9-3-2-8(15-5-9)4-11(18)19/h2-3,5-7H,4,14H2,1H3,(H,16,20)(H,18,19). The molecule has 110 valence electrons. The lowest BCUT2D eigenvalue weighted by Gasteiger charge is -2.03. The van der Waals surface area contributed by atoms with Gasteiger partial charge in [0, 0.05) is 5.38 Å². The van der Waals surface area contributed by atoms with Crippen molar-refractivity contribution < 1.29 is 14.7 Å². The van der Waals surface area contributed by atoms with Crippen LogP contribution in [0.4, 0.5) is 5.69 Å². The molecule has 0 aliphatic rings. The van der Waals surface area contributed by atoms with E-state index in [0.29, 0.717) is 22.1 Å². The molecule has 0 fully saturated rings. The fourth-order valence-electron chi connectivity index (χ4n) is 1.55. The van der Waals surface area contributed by atoms with Crippen LogP contribution in [0.2, 0.25) is 0 Å². The highest BCUT2D eigenvalue weighted by Gasteiger charge is 2.13. The van der Waals surface area contributed by atoms with Crippen molar-refractivity contribution in [2.24, 2.45) is 5.73 Å². The van der Waals surface area contributed by atoms with Gasteiger partial charge in [-0.3, -0.25) is 14.6 Å². The summed E-state index contributed by atoms with van der Waals surface area (Å²) in [6.45, 7) is 1.80. The molecule has 0 bridgehead atoms. The summed E-state index contributed by atoms with van der Waals surface area (Å²) in [4.78, 5) is 30.6. The number of aromatic nitrogens is 2. The Labute approximate surface area is 124 Å². The molecule has 1 amide bonds. The quantitative estimate of drug-likeness (QED) is 0.769. The average molecular weight is 306 g/mol. The minimum atomic E-state index is -0.954. The number of anilines is 1. The molecule has 0 aliphatic heterocycles. The number of carbonyl (C=O) groups excluding carboxylic acids is 1. The van der Waals surface area contributed by atoms with Gasteiger partial charge in [0.05, 0.1) is 30.0 Å². The lowest BCUT2D eigenvalue weighted by molar-refractivity contribution is -0.136. The van der Waals surface area contributed by atoms with Crippen molar-refractivity contribution in [1.82, 2.24) is 9.97 Å². The molecule has 0 saturated carbocycles. The lowest BCUT2D eigenvalue weighted by atomic mass is 10.2. The molecule has 0 spiro atoms. The van der Waals surface area contributed by atoms with E-state index >= 15 is 0 Å². The first-order chi connectivity index (χ1) is 9.95. The maximum atomic E-state index is 12.0. The number of hydrogen-bond donors (Lipinski definition) is 3. The number of aliphatic carboxylic acids is 1. The first-order valence-electron chi connectivity index (χ1n) is 6.15. The largest absolute Gasteiger partial charge is 0.481 e. The summed E-state index contributed by atoms with van der Waals surface area (Å²) in [5, 5.41) is 13.6. The van der Waals surface area contributed by atoms with Gasteiger partial charge in [0.25, 0.3) is 5.91 Å². The third kappa shape index (κ3) is 4.07. The van der Waals surface area contributed by atoms with Crippen LogP contribution in [0.3, 0.4) is 0 Å². The van der Waals surface area contributed by atoms with Gasteiger partial charge in [0.1, 0.15) is 10.7 Å². The van der Waals surface area contributed by atoms with Crippen LogP contribution in [-0.4, -0.2) is 27.0 Å². The van der Waals surface area contributed by atoms with Gasteiger partial charge in [0.2, 0.25) is 0 Å². The Bertz CT molecular complexity index is 652. The Hall–Kier alpha value is -2.32. The highest BCUT2D eigenvalue weighted by Crippen LogP contribution is 2.17. The average Bonchev–Trinajstić information content (AvgIpc) is 2.90. The van der Waals surface area contributed by atoms with Crippen LogP contribution in [-0.2, 0) is 11.2 Å². The van der Waals surface area contributed by atoms with E-state index in [1.165, 1.54) is 17.5 Å². The SMILES string of the molecule is CC(N)c1nc(C(=O)Nc2ccc(CC(=O)O)nc2)cs1. The second-order valence-corrected chi connectivity index (χ2v) is 5.31. The zero-order valence-corrected chi connectivity index (χ0v) is 12.1. The molecule has 0 radical (unpaired) electrons. The number of carboxylic acids is 1. The molecule has 2 aromatic rings. The summed E-state index contributed by atoms with van der Waals surface area (Å²) < 4.78 is 0. The number of carbonyl (C=O) groups is 2. The van der Waals surface area contributed by atoms with Crippen LogP contribution in [0.1, 0.15) is 34.2 Å². The molecule has 2 aromatic heterocycles. The third-order valence-electron chi connectivity index (χ3n) is 2.56. The first kappa shape index (κ1) is 15.1. The molecule has 1 unspecified atom stereocenters. The molecule has 21 heavy (non-hydrogen) atoms. The summed E-state index contributed by atoms with van der Waals surface area (Å²) in [6.07, 6.45) is 1.26. The Morgan fingerprint density at radius 3 is 2.76 bits per heavy atom. The van der Waals surface area contributed by atoms with Crippen LogP contribution in [0, 0.1) is 0 Å². The maximum absolute atomic E-state index is 12.0. The van der Waals surface area contributed by atoms with Crippen molar-refractivity contribution in [3.63, 3.8) is 0 Å². The van der Waals surface area contributed by atoms with E-state index in [1.54, 1.807) is 24.4 Å². The summed E-state index contributed by atoms with van der Waals surface area (Å²) in [7, 11) is 0. The molecule has 4 N–H and O–H groups in total. The number of carboxylic acid groups (broad SMARTS) is 1. The normalized spacial score (nSPS) is 11.9. The van der Waals surface area contributed by atoms with Crippen molar-refractivity contribution in [1.29, 1.82) is 0 Å². The summed E-state index contributed by atoms with van der Waals surface area (Å²) in [5.74, 6) is -1.31. The lowest BCUT2D eigenvalue weighted by Crippen LogP contribution is -2.13. The van der Waals surface area contributed by atoms with Crippen LogP contribution in [0.25, 0.3) is 0 Å². The summed E-state index contributed by atoms with van der Waals surface area (Å²) in [5.41, 5.74) is 6.89. The zero-order chi connectivity index (χ0) is 15.4. The Morgan fingerprint density at radius 2 is 2.24 bits per heavy atom. The second-order valence-electron chi connectivity index (χ2n) is 4.42. The summed E-state index contributed by atoms with van der Waals surface area (Å²) in [6, 6.07) is 2.94. The van der Waals surface area contributed by atoms with Crippen molar-refractivity contribution in [2.45, 2.75) is 19.4 Å². The number of amides is 1. The van der Waals surface area contributed by atoms with Gasteiger partial charge < -0.3 is 16.2 Å². The zero-order valence-electron chi connectivity index (χ0n) is 11.2. The number of pyridine rings is 1. The Balaban J connectivity index is 2.03. The van der Waals surface area contributed by atoms with Crippen molar-refractivity contribution in [2.75, 3.05) is 5.32 Å². The highest BCUT2D eigenvalue weighted by atomic mass is 32.1. The Morgan fingerprint density at radius 1 is 1.48 bits per heavy atom. The maximum Gasteiger partial charge on any atom is 0.309 e. The number of nitrogens with one attached hydrogen (secondary N) is 1. The molecule has 0 saturated heterocycles. The highest BCUT2D eigenvalue weighted by molar-refractivity contribution is 7.09. The van der Waals surface area contributed by atoms with Gasteiger partial charge >= 0.3 is 5.97 Å². The topological polar surface area (TPSA) is 118 Å². The predicted octanol–water partition coefficient (Wildman–Crippen LogP) is 1.44. The van der Waals surface area contributed by atoms with E-state index in [9.17, 15) is 9.59 Å². The van der Waals surface area contributed by atoms with Crippen molar-refractivity contribution in [3.8, 4) is 0 Å². The number of nitrogens with two attached hydrogens (primary N) is 1. The van der Waals surface area contributed by atoms with Crippen molar-refractivity contribution >= 4 is 28.9 Å². The molecule has 0 aliphatic carbocycles. The Kier molecular flexibility index (Phi) is 4.61. The molecular formula is C13H14N4O3S. The van der Waals surface area contributed by atoms with Gasteiger partial charge in [-0.15, -0.1) is 11.3 Å². The van der Waals surface area contributed by atoms with Gasteiger partial charge in [-0.25, -0.2) is 4.98 Å². The smallest absolute Gasteiger partial charge is 0.309 e. The van der Waals surface area contributed by atoms with E-state index in [1.807, 2.05) is 0 Å². The molecule has 7 nitrogen and oxygen atoms in total. The van der Waals surface area contributed by atoms with Crippen LogP contribution in [0.5, 0.6) is 0 Å². The van der Waals surface area contributed by atoms with Crippen LogP contribution in [0.15, 0.2) is 23.7 Å². The molecular weight excluding hydrogens is 292 g/mol. The van der Waals surface area contributed by atoms with Gasteiger partial charge in [-0.2, -0.15) is 0 Å². The van der Waals surface area contributed by atoms with Gasteiger partial charge in [-0.05, 0) is 19.1 Å². The minimum absolute atomic E-state index is 0.155. The van der Waals surface area contributed by atoms with E-state index in [-0.39, 0.29) is 18.4 Å². The monoisotopic (exact) mass is 306 g/mol. The number of hydrogen-bond acceptors (Lipinski definition) is 6. The van der Waals surface area contributed by atoms with Gasteiger partial charge in [-0.1, -0.05) is 0 Å². The first-order valence-corrected chi connectivity index (χ1v) is 7.02. The number of thiazole rings is 1. The molecule has 2 rings (SSSR count). The van der Waals surface area contributed by atoms with Crippen LogP contribution >= 0.6 is 11.3 Å². The fourth-order valence-corrected chi connectivity index (χ4v) is 2.31. The van der Waals surface area contributed by atoms with Crippen molar-refractivity contribution in [3.05, 3.63) is 40.1 Å². The van der Waals surface area contributed by atoms with E-state index in [2.05, 4.69) is 15.3 Å². The molecule has 1 atom stereocenters. The van der Waals surface area contributed by atoms with E-state index in [0.717, 1.165) is 0 Å². The third-order valence-corrected chi connectivity index (χ3v) is 3.60. The summed E-state index contributed by atoms with van der Waals surface area (Å²) >= 11 is 1.33. The number of rotatable bonds is 5. The molecule has 0 aromatic carbocycles. The molecule has 2 heterocycles. The van der Waals surface area contributed by atoms with E-state index in [4.69, 9.17) is 10.8 Å². The second kappa shape index (κ2) is 6.42. The van der Waals surface area contributed by atoms with E-state index < -0.39 is 5.97 Å². The molecule has 8 heteroatoms. The predicted molar refractivity (Wildman–Crippen MR) is 78.2 cm³/mol. The van der Waals surface area contributed by atoms with Gasteiger partial charge in [0.15, 0.2) is 0 Å². The van der Waals surface area contributed by atoms with Crippen LogP contribution < -0.4 is 11.1 Å².